The Morgan fingerprint density at radius 1 is 1.29 bits per heavy atom. The number of ether oxygens (including phenoxy) is 1. The summed E-state index contributed by atoms with van der Waals surface area (Å²) in [4.78, 5) is 15.3. The molecule has 0 saturated heterocycles. The van der Waals surface area contributed by atoms with Crippen LogP contribution in [0.15, 0.2) is 41.4 Å². The van der Waals surface area contributed by atoms with E-state index in [2.05, 4.69) is 9.71 Å². The van der Waals surface area contributed by atoms with Crippen molar-refractivity contribution < 1.29 is 23.1 Å². The zero-order valence-electron chi connectivity index (χ0n) is 13.3. The molecule has 2 N–H and O–H groups in total. The highest BCUT2D eigenvalue weighted by atomic mass is 32.2. The lowest BCUT2D eigenvalue weighted by molar-refractivity contribution is 0.0693. The summed E-state index contributed by atoms with van der Waals surface area (Å²) in [5, 5.41) is 9.13. The predicted octanol–water partition coefficient (Wildman–Crippen LogP) is 1.62. The van der Waals surface area contributed by atoms with Gasteiger partial charge < -0.3 is 9.84 Å². The summed E-state index contributed by atoms with van der Waals surface area (Å²) < 4.78 is 31.9. The Balaban J connectivity index is 2.11. The second kappa shape index (κ2) is 7.41. The van der Waals surface area contributed by atoms with Crippen LogP contribution in [0.2, 0.25) is 0 Å². The van der Waals surface area contributed by atoms with E-state index < -0.39 is 16.0 Å². The number of nitrogens with one attached hydrogen (secondary N) is 1. The van der Waals surface area contributed by atoms with E-state index in [1.807, 2.05) is 19.1 Å². The molecular formula is C16H18N2O5S. The fraction of sp³-hybridized carbons (Fsp3) is 0.250. The van der Waals surface area contributed by atoms with E-state index in [0.29, 0.717) is 6.42 Å². The van der Waals surface area contributed by atoms with Crippen molar-refractivity contribution in [2.45, 2.75) is 18.2 Å². The molecule has 0 aliphatic rings. The molecule has 0 bridgehead atoms. The van der Waals surface area contributed by atoms with E-state index in [-0.39, 0.29) is 22.8 Å². The fourth-order valence-electron chi connectivity index (χ4n) is 2.06. The third-order valence-corrected chi connectivity index (χ3v) is 4.82. The number of sulfonamides is 1. The van der Waals surface area contributed by atoms with Crippen molar-refractivity contribution in [1.29, 1.82) is 0 Å². The summed E-state index contributed by atoms with van der Waals surface area (Å²) in [6.07, 6.45) is 2.15. The number of aromatic nitrogens is 1. The molecule has 2 rings (SSSR count). The lowest BCUT2D eigenvalue weighted by Crippen LogP contribution is -2.26. The maximum Gasteiger partial charge on any atom is 0.339 e. The number of aromatic carboxylic acids is 1. The summed E-state index contributed by atoms with van der Waals surface area (Å²) in [7, 11) is -2.49. The molecule has 0 unspecified atom stereocenters. The van der Waals surface area contributed by atoms with Gasteiger partial charge in [0.25, 0.3) is 0 Å². The van der Waals surface area contributed by atoms with Gasteiger partial charge in [0.2, 0.25) is 10.0 Å². The van der Waals surface area contributed by atoms with E-state index >= 15 is 0 Å². The third-order valence-electron chi connectivity index (χ3n) is 3.36. The van der Waals surface area contributed by atoms with E-state index in [1.54, 1.807) is 6.20 Å². The number of aryl methyl sites for hydroxylation is 1. The largest absolute Gasteiger partial charge is 0.496 e. The van der Waals surface area contributed by atoms with Crippen molar-refractivity contribution in [3.8, 4) is 5.75 Å². The smallest absolute Gasteiger partial charge is 0.339 e. The van der Waals surface area contributed by atoms with Gasteiger partial charge in [-0.05, 0) is 36.8 Å². The van der Waals surface area contributed by atoms with Crippen LogP contribution in [0.3, 0.4) is 0 Å². The van der Waals surface area contributed by atoms with Crippen LogP contribution in [0.4, 0.5) is 0 Å². The molecule has 0 aliphatic carbocycles. The van der Waals surface area contributed by atoms with Gasteiger partial charge in [-0.2, -0.15) is 0 Å². The number of carboxylic acid groups (broad SMARTS) is 1. The van der Waals surface area contributed by atoms with Crippen LogP contribution >= 0.6 is 0 Å². The maximum absolute atomic E-state index is 12.3. The Hall–Kier alpha value is -2.45. The number of carbonyl (C=O) groups is 1. The van der Waals surface area contributed by atoms with Gasteiger partial charge in [-0.1, -0.05) is 6.07 Å². The van der Waals surface area contributed by atoms with Crippen LogP contribution in [0.1, 0.15) is 21.6 Å². The number of benzene rings is 1. The zero-order valence-corrected chi connectivity index (χ0v) is 14.1. The number of rotatable bonds is 7. The fourth-order valence-corrected chi connectivity index (χ4v) is 3.12. The monoisotopic (exact) mass is 350 g/mol. The van der Waals surface area contributed by atoms with Gasteiger partial charge in [0, 0.05) is 24.9 Å². The van der Waals surface area contributed by atoms with Gasteiger partial charge in [0.05, 0.1) is 12.0 Å². The molecule has 1 heterocycles. The number of hydrogen-bond acceptors (Lipinski definition) is 5. The Bertz CT molecular complexity index is 832. The molecule has 0 amide bonds. The molecule has 0 spiro atoms. The average Bonchev–Trinajstić information content (AvgIpc) is 2.55. The van der Waals surface area contributed by atoms with Crippen molar-refractivity contribution in [2.75, 3.05) is 13.7 Å². The van der Waals surface area contributed by atoms with Crippen LogP contribution in [0.5, 0.6) is 5.75 Å². The average molecular weight is 350 g/mol. The molecule has 0 fully saturated rings. The summed E-state index contributed by atoms with van der Waals surface area (Å²) in [5.74, 6) is -1.15. The first-order chi connectivity index (χ1) is 11.3. The number of hydrogen-bond donors (Lipinski definition) is 2. The minimum Gasteiger partial charge on any atom is -0.496 e. The molecule has 8 heteroatoms. The quantitative estimate of drug-likeness (QED) is 0.786. The first-order valence-electron chi connectivity index (χ1n) is 7.16. The highest BCUT2D eigenvalue weighted by molar-refractivity contribution is 7.89. The Kier molecular flexibility index (Phi) is 5.53. The Morgan fingerprint density at radius 2 is 2.04 bits per heavy atom. The molecule has 24 heavy (non-hydrogen) atoms. The summed E-state index contributed by atoms with van der Waals surface area (Å²) in [6.45, 7) is 2.08. The van der Waals surface area contributed by atoms with Crippen molar-refractivity contribution in [3.05, 3.63) is 53.3 Å². The number of methoxy groups -OCH3 is 1. The molecule has 0 radical (unpaired) electrons. The van der Waals surface area contributed by atoms with Gasteiger partial charge in [-0.3, -0.25) is 4.98 Å². The topological polar surface area (TPSA) is 106 Å². The molecular weight excluding hydrogens is 332 g/mol. The second-order valence-corrected chi connectivity index (χ2v) is 6.91. The van der Waals surface area contributed by atoms with Crippen LogP contribution < -0.4 is 9.46 Å². The van der Waals surface area contributed by atoms with Crippen LogP contribution in [-0.4, -0.2) is 38.1 Å². The summed E-state index contributed by atoms with van der Waals surface area (Å²) >= 11 is 0. The second-order valence-electron chi connectivity index (χ2n) is 5.14. The molecule has 0 atom stereocenters. The Morgan fingerprint density at radius 3 is 2.62 bits per heavy atom. The van der Waals surface area contributed by atoms with Crippen molar-refractivity contribution in [3.63, 3.8) is 0 Å². The van der Waals surface area contributed by atoms with E-state index in [4.69, 9.17) is 9.84 Å². The van der Waals surface area contributed by atoms with Gasteiger partial charge >= 0.3 is 5.97 Å². The standard InChI is InChI=1S/C16H18N2O5S/c1-11-3-4-12(17-10-11)7-8-18-24(21,22)13-5-6-15(23-2)14(9-13)16(19)20/h3-6,9-10,18H,7-8H2,1-2H3,(H,19,20). The van der Waals surface area contributed by atoms with Crippen molar-refractivity contribution >= 4 is 16.0 Å². The minimum atomic E-state index is -3.82. The first kappa shape index (κ1) is 17.9. The highest BCUT2D eigenvalue weighted by Crippen LogP contribution is 2.22. The SMILES string of the molecule is COc1ccc(S(=O)(=O)NCCc2ccc(C)cn2)cc1C(=O)O. The molecule has 7 nitrogen and oxygen atoms in total. The molecule has 1 aromatic carbocycles. The molecule has 128 valence electrons. The first-order valence-corrected chi connectivity index (χ1v) is 8.64. The highest BCUT2D eigenvalue weighted by Gasteiger charge is 2.19. The number of carboxylic acids is 1. The van der Waals surface area contributed by atoms with E-state index in [1.165, 1.54) is 19.2 Å². The summed E-state index contributed by atoms with van der Waals surface area (Å²) in [6, 6.07) is 7.43. The number of pyridine rings is 1. The lowest BCUT2D eigenvalue weighted by Gasteiger charge is -2.10. The molecule has 1 aromatic heterocycles. The Labute approximate surface area is 140 Å². The van der Waals surface area contributed by atoms with Crippen molar-refractivity contribution in [2.24, 2.45) is 0 Å². The van der Waals surface area contributed by atoms with Crippen LogP contribution in [0, 0.1) is 6.92 Å². The van der Waals surface area contributed by atoms with Gasteiger partial charge in [0.1, 0.15) is 11.3 Å². The van der Waals surface area contributed by atoms with Crippen LogP contribution in [0.25, 0.3) is 0 Å². The predicted molar refractivity (Wildman–Crippen MR) is 87.8 cm³/mol. The van der Waals surface area contributed by atoms with E-state index in [9.17, 15) is 13.2 Å². The normalized spacial score (nSPS) is 11.2. The minimum absolute atomic E-state index is 0.102. The van der Waals surface area contributed by atoms with Gasteiger partial charge in [-0.25, -0.2) is 17.9 Å². The van der Waals surface area contributed by atoms with E-state index in [0.717, 1.165) is 17.3 Å². The van der Waals surface area contributed by atoms with Gasteiger partial charge in [-0.15, -0.1) is 0 Å². The lowest BCUT2D eigenvalue weighted by atomic mass is 10.2. The molecule has 0 aliphatic heterocycles. The number of nitrogens with zero attached hydrogens (tertiary/aromatic N) is 1. The molecule has 0 saturated carbocycles. The van der Waals surface area contributed by atoms with Crippen molar-refractivity contribution in [1.82, 2.24) is 9.71 Å². The van der Waals surface area contributed by atoms with Gasteiger partial charge in [0.15, 0.2) is 0 Å². The summed E-state index contributed by atoms with van der Waals surface area (Å²) in [5.41, 5.74) is 1.59. The van der Waals surface area contributed by atoms with Crippen LogP contribution in [-0.2, 0) is 16.4 Å². The maximum atomic E-state index is 12.3. The zero-order chi connectivity index (χ0) is 17.7. The molecule has 2 aromatic rings. The third kappa shape index (κ3) is 4.30.